The van der Waals surface area contributed by atoms with Gasteiger partial charge in [-0.3, -0.25) is 0 Å². The number of hydrogen-bond acceptors (Lipinski definition) is 0. The van der Waals surface area contributed by atoms with Gasteiger partial charge in [-0.2, -0.15) is 0 Å². The lowest BCUT2D eigenvalue weighted by molar-refractivity contribution is 1.09. The van der Waals surface area contributed by atoms with Crippen molar-refractivity contribution < 1.29 is 0 Å². The summed E-state index contributed by atoms with van der Waals surface area (Å²) in [6.07, 6.45) is 9.25. The van der Waals surface area contributed by atoms with Gasteiger partial charge < -0.3 is 0 Å². The lowest BCUT2D eigenvalue weighted by Crippen LogP contribution is -1.27. The molecule has 7 heavy (non-hydrogen) atoms. The molecule has 0 aromatic rings. The van der Waals surface area contributed by atoms with Gasteiger partial charge in [0.05, 0.1) is 0 Å². The third-order valence-corrected chi connectivity index (χ3v) is 0. The minimum atomic E-state index is 1.25. The van der Waals surface area contributed by atoms with Gasteiger partial charge in [0.2, 0.25) is 0 Å². The predicted octanol–water partition coefficient (Wildman–Crippen LogP) is 2.69. The van der Waals surface area contributed by atoms with E-state index < -0.39 is 0 Å². The summed E-state index contributed by atoms with van der Waals surface area (Å²) in [5.74, 6) is 0. The first kappa shape index (κ1) is 16.0. The summed E-state index contributed by atoms with van der Waals surface area (Å²) in [7, 11) is 0. The lowest BCUT2D eigenvalue weighted by atomic mass is 10.6. The van der Waals surface area contributed by atoms with Crippen molar-refractivity contribution in [3.63, 3.8) is 0 Å². The van der Waals surface area contributed by atoms with Crippen LogP contribution < -0.4 is 0 Å². The van der Waals surface area contributed by atoms with Crippen LogP contribution in [0.2, 0.25) is 0 Å². The van der Waals surface area contributed by atoms with Gasteiger partial charge in [0.1, 0.15) is 0 Å². The van der Waals surface area contributed by atoms with Crippen molar-refractivity contribution in [1.29, 1.82) is 0 Å². The van der Waals surface area contributed by atoms with Gasteiger partial charge in [-0.1, -0.05) is 34.1 Å². The van der Waals surface area contributed by atoms with E-state index in [0.717, 1.165) is 0 Å². The minimum absolute atomic E-state index is 1.25. The normalized spacial score (nSPS) is 3.71. The third-order valence-electron chi connectivity index (χ3n) is 0. The van der Waals surface area contributed by atoms with Crippen LogP contribution in [-0.2, 0) is 0 Å². The molecule has 0 rings (SSSR count). The van der Waals surface area contributed by atoms with Crippen LogP contribution in [0.15, 0.2) is 0 Å². The Morgan fingerprint density at radius 1 is 1.00 bits per heavy atom. The zero-order valence-electron chi connectivity index (χ0n) is 5.86. The molecule has 0 aromatic carbocycles. The first-order chi connectivity index (χ1) is 3.41. The number of terminal acetylenes is 1. The molecular formula is C7H16. The second-order valence-electron chi connectivity index (χ2n) is 0.707. The van der Waals surface area contributed by atoms with Crippen molar-refractivity contribution >= 4 is 0 Å². The highest BCUT2D eigenvalue weighted by molar-refractivity contribution is 4.47. The Balaban J connectivity index is -0.0000000360. The van der Waals surface area contributed by atoms with E-state index in [4.69, 9.17) is 0 Å². The highest BCUT2D eigenvalue weighted by Gasteiger charge is 1.35. The molecule has 0 N–H and O–H groups in total. The Bertz CT molecular complexity index is 11.2. The average Bonchev–Trinajstić information content (AvgIpc) is 1.78. The van der Waals surface area contributed by atoms with E-state index >= 15 is 0 Å². The van der Waals surface area contributed by atoms with Crippen LogP contribution in [-0.4, -0.2) is 0 Å². The second-order valence-corrected chi connectivity index (χ2v) is 0.707. The van der Waals surface area contributed by atoms with E-state index in [1.54, 1.807) is 0 Å². The van der Waals surface area contributed by atoms with E-state index in [-0.39, 0.29) is 0 Å². The SMILES string of the molecule is C#C.CC.CCC. The van der Waals surface area contributed by atoms with Gasteiger partial charge in [0.15, 0.2) is 0 Å². The molecule has 0 atom stereocenters. The molecule has 0 saturated carbocycles. The minimum Gasteiger partial charge on any atom is -0.124 e. The molecule has 44 valence electrons. The van der Waals surface area contributed by atoms with Crippen molar-refractivity contribution in [3.8, 4) is 12.8 Å². The zero-order chi connectivity index (χ0) is 6.71. The predicted molar refractivity (Wildman–Crippen MR) is 37.2 cm³/mol. The first-order valence-electron chi connectivity index (χ1n) is 2.75. The fourth-order valence-corrected chi connectivity index (χ4v) is 0. The van der Waals surface area contributed by atoms with Gasteiger partial charge in [0, 0.05) is 0 Å². The molecule has 0 aromatic heterocycles. The van der Waals surface area contributed by atoms with Crippen LogP contribution >= 0.6 is 0 Å². The summed E-state index contributed by atoms with van der Waals surface area (Å²) in [6.45, 7) is 8.25. The Morgan fingerprint density at radius 3 is 1.00 bits per heavy atom. The third kappa shape index (κ3) is 364. The molecule has 0 saturated heterocycles. The summed E-state index contributed by atoms with van der Waals surface area (Å²) in [5, 5.41) is 0. The monoisotopic (exact) mass is 100 g/mol. The number of hydrogen-bond donors (Lipinski definition) is 0. The largest absolute Gasteiger partial charge is 0.124 e. The summed E-state index contributed by atoms with van der Waals surface area (Å²) in [5.41, 5.74) is 0. The quantitative estimate of drug-likeness (QED) is 0.410. The summed E-state index contributed by atoms with van der Waals surface area (Å²) in [6, 6.07) is 0. The maximum atomic E-state index is 4.00. The molecule has 0 nitrogen and oxygen atoms in total. The fraction of sp³-hybridized carbons (Fsp3) is 0.714. The Morgan fingerprint density at radius 2 is 1.00 bits per heavy atom. The van der Waals surface area contributed by atoms with Crippen LogP contribution in [0.5, 0.6) is 0 Å². The zero-order valence-corrected chi connectivity index (χ0v) is 5.86. The van der Waals surface area contributed by atoms with Gasteiger partial charge in [-0.25, -0.2) is 0 Å². The van der Waals surface area contributed by atoms with Crippen molar-refractivity contribution in [2.75, 3.05) is 0 Å². The van der Waals surface area contributed by atoms with Crippen molar-refractivity contribution in [3.05, 3.63) is 0 Å². The van der Waals surface area contributed by atoms with E-state index in [1.165, 1.54) is 6.42 Å². The van der Waals surface area contributed by atoms with Crippen molar-refractivity contribution in [2.24, 2.45) is 0 Å². The molecular weight excluding hydrogens is 84.1 g/mol. The molecule has 0 aliphatic rings. The summed E-state index contributed by atoms with van der Waals surface area (Å²) >= 11 is 0. The van der Waals surface area contributed by atoms with Gasteiger partial charge in [0.25, 0.3) is 0 Å². The molecule has 0 bridgehead atoms. The first-order valence-corrected chi connectivity index (χ1v) is 2.75. The molecule has 0 fully saturated rings. The molecule has 0 aliphatic heterocycles. The molecule has 0 amide bonds. The van der Waals surface area contributed by atoms with Gasteiger partial charge in [-0.05, 0) is 0 Å². The van der Waals surface area contributed by atoms with Crippen LogP contribution in [0.4, 0.5) is 0 Å². The average molecular weight is 100 g/mol. The van der Waals surface area contributed by atoms with Gasteiger partial charge >= 0.3 is 0 Å². The lowest BCUT2D eigenvalue weighted by Gasteiger charge is -1.48. The van der Waals surface area contributed by atoms with E-state index in [2.05, 4.69) is 26.7 Å². The molecule has 0 aliphatic carbocycles. The second kappa shape index (κ2) is 369. The molecule has 0 spiro atoms. The van der Waals surface area contributed by atoms with E-state index in [9.17, 15) is 0 Å². The molecule has 0 heteroatoms. The number of rotatable bonds is 0. The highest BCUT2D eigenvalue weighted by atomic mass is 13.4. The Kier molecular flexibility index (Phi) is 843. The van der Waals surface area contributed by atoms with Crippen LogP contribution in [0.1, 0.15) is 34.1 Å². The maximum absolute atomic E-state index is 4.00. The van der Waals surface area contributed by atoms with E-state index in [1.807, 2.05) is 13.8 Å². The van der Waals surface area contributed by atoms with E-state index in [0.29, 0.717) is 0 Å². The van der Waals surface area contributed by atoms with Crippen LogP contribution in [0.25, 0.3) is 0 Å². The summed E-state index contributed by atoms with van der Waals surface area (Å²) in [4.78, 5) is 0. The molecule has 0 unspecified atom stereocenters. The smallest absolute Gasteiger partial charge is 0.0590 e. The molecule has 0 radical (unpaired) electrons. The van der Waals surface area contributed by atoms with Gasteiger partial charge in [-0.15, -0.1) is 12.8 Å². The topological polar surface area (TPSA) is 0 Å². The molecule has 0 heterocycles. The summed E-state index contributed by atoms with van der Waals surface area (Å²) < 4.78 is 0. The van der Waals surface area contributed by atoms with Crippen molar-refractivity contribution in [1.82, 2.24) is 0 Å². The Hall–Kier alpha value is -0.440. The Labute approximate surface area is 47.9 Å². The highest BCUT2D eigenvalue weighted by Crippen LogP contribution is 1.56. The maximum Gasteiger partial charge on any atom is -0.0590 e. The van der Waals surface area contributed by atoms with Crippen LogP contribution in [0, 0.1) is 12.8 Å². The van der Waals surface area contributed by atoms with Crippen LogP contribution in [0.3, 0.4) is 0 Å². The fourth-order valence-electron chi connectivity index (χ4n) is 0. The standard InChI is InChI=1S/C3H8.C2H6.C2H2/c1-3-2;2*1-2/h3H2,1-2H3;1-2H3;1-2H. The van der Waals surface area contributed by atoms with Crippen molar-refractivity contribution in [2.45, 2.75) is 34.1 Å².